The van der Waals surface area contributed by atoms with Gasteiger partial charge >= 0.3 is 0 Å². The zero-order valence-electron chi connectivity index (χ0n) is 16.6. The quantitative estimate of drug-likeness (QED) is 0.597. The average molecular weight is 392 g/mol. The fraction of sp³-hybridized carbons (Fsp3) is 0.227. The van der Waals surface area contributed by atoms with Crippen LogP contribution < -0.4 is 10.2 Å². The minimum atomic E-state index is -0.896. The van der Waals surface area contributed by atoms with Gasteiger partial charge < -0.3 is 20.4 Å². The van der Waals surface area contributed by atoms with Crippen molar-refractivity contribution in [2.75, 3.05) is 19.0 Å². The second-order valence-electron chi connectivity index (χ2n) is 7.04. The number of nitrogens with one attached hydrogen (secondary N) is 1. The summed E-state index contributed by atoms with van der Waals surface area (Å²) < 4.78 is 0. The summed E-state index contributed by atoms with van der Waals surface area (Å²) in [5, 5.41) is 22.7. The van der Waals surface area contributed by atoms with E-state index in [1.165, 1.54) is 18.5 Å². The zero-order chi connectivity index (χ0) is 21.0. The van der Waals surface area contributed by atoms with Crippen molar-refractivity contribution in [3.8, 4) is 17.0 Å². The van der Waals surface area contributed by atoms with Crippen molar-refractivity contribution >= 4 is 11.7 Å². The third kappa shape index (κ3) is 4.89. The van der Waals surface area contributed by atoms with Crippen molar-refractivity contribution in [2.24, 2.45) is 0 Å². The molecule has 0 radical (unpaired) electrons. The van der Waals surface area contributed by atoms with E-state index in [9.17, 15) is 15.0 Å². The van der Waals surface area contributed by atoms with E-state index in [0.717, 1.165) is 17.1 Å². The van der Waals surface area contributed by atoms with Crippen molar-refractivity contribution in [2.45, 2.75) is 19.1 Å². The van der Waals surface area contributed by atoms with Gasteiger partial charge in [0.25, 0.3) is 5.91 Å². The molecule has 0 saturated heterocycles. The number of aromatic nitrogens is 2. The molecule has 1 heterocycles. The molecule has 7 nitrogen and oxygen atoms in total. The summed E-state index contributed by atoms with van der Waals surface area (Å²) in [5.74, 6) is 0.603. The number of benzene rings is 2. The Hall–Kier alpha value is -3.45. The van der Waals surface area contributed by atoms with Gasteiger partial charge in [-0.3, -0.25) is 4.79 Å². The van der Waals surface area contributed by atoms with Crippen LogP contribution in [0.25, 0.3) is 11.3 Å². The van der Waals surface area contributed by atoms with Gasteiger partial charge in [-0.1, -0.05) is 24.3 Å². The molecule has 1 aromatic heterocycles. The summed E-state index contributed by atoms with van der Waals surface area (Å²) in [6, 6.07) is 14.7. The number of nitrogens with zero attached hydrogens (tertiary/aromatic N) is 3. The molecule has 0 spiro atoms. The number of phenolic OH excluding ortho intramolecular Hbond substituents is 1. The van der Waals surface area contributed by atoms with Crippen molar-refractivity contribution in [1.82, 2.24) is 15.3 Å². The van der Waals surface area contributed by atoms with Crippen LogP contribution in [0.4, 0.5) is 5.82 Å². The first kappa shape index (κ1) is 20.3. The van der Waals surface area contributed by atoms with Crippen molar-refractivity contribution < 1.29 is 15.0 Å². The van der Waals surface area contributed by atoms with E-state index in [1.807, 2.05) is 31.1 Å². The Kier molecular flexibility index (Phi) is 6.09. The van der Waals surface area contributed by atoms with Crippen molar-refractivity contribution in [3.63, 3.8) is 0 Å². The van der Waals surface area contributed by atoms with Gasteiger partial charge in [-0.25, -0.2) is 9.97 Å². The van der Waals surface area contributed by atoms with Gasteiger partial charge in [0, 0.05) is 31.3 Å². The number of aliphatic hydroxyl groups excluding tert-OH is 1. The van der Waals surface area contributed by atoms with E-state index in [2.05, 4.69) is 15.3 Å². The normalized spacial score (nSPS) is 12.8. The Bertz CT molecular complexity index is 989. The molecular weight excluding hydrogens is 368 g/mol. The number of amides is 1. The molecule has 7 heteroatoms. The van der Waals surface area contributed by atoms with Crippen molar-refractivity contribution in [3.05, 3.63) is 72.1 Å². The van der Waals surface area contributed by atoms with E-state index >= 15 is 0 Å². The third-order valence-corrected chi connectivity index (χ3v) is 4.60. The van der Waals surface area contributed by atoms with E-state index in [1.54, 1.807) is 37.3 Å². The Morgan fingerprint density at radius 3 is 2.48 bits per heavy atom. The van der Waals surface area contributed by atoms with Crippen LogP contribution in [-0.2, 0) is 0 Å². The molecule has 0 saturated carbocycles. The number of carbonyl (C=O) groups excluding carboxylic acids is 1. The third-order valence-electron chi connectivity index (χ3n) is 4.60. The van der Waals surface area contributed by atoms with E-state index in [-0.39, 0.29) is 11.7 Å². The highest BCUT2D eigenvalue weighted by Gasteiger charge is 2.19. The highest BCUT2D eigenvalue weighted by Crippen LogP contribution is 2.22. The summed E-state index contributed by atoms with van der Waals surface area (Å²) in [5.41, 5.74) is 2.60. The SMILES string of the molecule is C[C@@H](NC(=O)c1cccc(-c2cc(N(C)C)ncn2)c1)[C@@H](O)c1ccc(O)cc1. The Morgan fingerprint density at radius 1 is 1.07 bits per heavy atom. The van der Waals surface area contributed by atoms with Gasteiger partial charge in [0.1, 0.15) is 17.9 Å². The van der Waals surface area contributed by atoms with Gasteiger partial charge in [-0.15, -0.1) is 0 Å². The molecule has 2 aromatic carbocycles. The lowest BCUT2D eigenvalue weighted by Gasteiger charge is -2.21. The van der Waals surface area contributed by atoms with Crippen molar-refractivity contribution in [1.29, 1.82) is 0 Å². The molecule has 29 heavy (non-hydrogen) atoms. The first-order valence-corrected chi connectivity index (χ1v) is 9.23. The predicted octanol–water partition coefficient (Wildman–Crippen LogP) is 2.77. The highest BCUT2D eigenvalue weighted by atomic mass is 16.3. The maximum Gasteiger partial charge on any atom is 0.251 e. The fourth-order valence-corrected chi connectivity index (χ4v) is 2.90. The van der Waals surface area contributed by atoms with Crippen LogP contribution in [0.5, 0.6) is 5.75 Å². The van der Waals surface area contributed by atoms with E-state index in [0.29, 0.717) is 11.1 Å². The molecule has 1 amide bonds. The molecule has 150 valence electrons. The minimum absolute atomic E-state index is 0.122. The van der Waals surface area contributed by atoms with Crippen LogP contribution >= 0.6 is 0 Å². The number of hydrogen-bond donors (Lipinski definition) is 3. The van der Waals surface area contributed by atoms with Crippen LogP contribution in [-0.4, -0.2) is 46.2 Å². The second kappa shape index (κ2) is 8.70. The van der Waals surface area contributed by atoms with E-state index < -0.39 is 12.1 Å². The summed E-state index contributed by atoms with van der Waals surface area (Å²) in [6.45, 7) is 1.73. The number of hydrogen-bond acceptors (Lipinski definition) is 6. The first-order chi connectivity index (χ1) is 13.8. The van der Waals surface area contributed by atoms with Gasteiger partial charge in [-0.2, -0.15) is 0 Å². The molecule has 0 bridgehead atoms. The summed E-state index contributed by atoms with van der Waals surface area (Å²) >= 11 is 0. The standard InChI is InChI=1S/C22H24N4O3/c1-14(21(28)15-7-9-18(27)10-8-15)25-22(29)17-6-4-5-16(11-17)19-12-20(26(2)3)24-13-23-19/h4-14,21,27-28H,1-3H3,(H,25,29)/t14-,21-/m1/s1. The van der Waals surface area contributed by atoms with Crippen LogP contribution in [0.15, 0.2) is 60.9 Å². The molecule has 0 aliphatic heterocycles. The molecule has 2 atom stereocenters. The van der Waals surface area contributed by atoms with Gasteiger partial charge in [0.05, 0.1) is 17.8 Å². The van der Waals surface area contributed by atoms with Gasteiger partial charge in [-0.05, 0) is 36.8 Å². The Labute approximate surface area is 169 Å². The topological polar surface area (TPSA) is 98.6 Å². The fourth-order valence-electron chi connectivity index (χ4n) is 2.90. The molecular formula is C22H24N4O3. The van der Waals surface area contributed by atoms with Crippen LogP contribution in [0.1, 0.15) is 28.9 Å². The molecule has 0 aliphatic rings. The number of carbonyl (C=O) groups is 1. The highest BCUT2D eigenvalue weighted by molar-refractivity contribution is 5.95. The largest absolute Gasteiger partial charge is 0.508 e. The van der Waals surface area contributed by atoms with Crippen LogP contribution in [0, 0.1) is 0 Å². The molecule has 0 unspecified atom stereocenters. The number of phenols is 1. The second-order valence-corrected chi connectivity index (χ2v) is 7.04. The summed E-state index contributed by atoms with van der Waals surface area (Å²) in [7, 11) is 3.80. The lowest BCUT2D eigenvalue weighted by molar-refractivity contribution is 0.0852. The van der Waals surface area contributed by atoms with Crippen LogP contribution in [0.2, 0.25) is 0 Å². The van der Waals surface area contributed by atoms with Gasteiger partial charge in [0.2, 0.25) is 0 Å². The molecule has 0 aliphatic carbocycles. The molecule has 0 fully saturated rings. The number of aromatic hydroxyl groups is 1. The smallest absolute Gasteiger partial charge is 0.251 e. The maximum atomic E-state index is 12.7. The zero-order valence-corrected chi connectivity index (χ0v) is 16.6. The number of rotatable bonds is 6. The monoisotopic (exact) mass is 392 g/mol. The minimum Gasteiger partial charge on any atom is -0.508 e. The first-order valence-electron chi connectivity index (χ1n) is 9.23. The van der Waals surface area contributed by atoms with Crippen LogP contribution in [0.3, 0.4) is 0 Å². The molecule has 3 rings (SSSR count). The molecule has 3 N–H and O–H groups in total. The maximum absolute atomic E-state index is 12.7. The molecule has 3 aromatic rings. The predicted molar refractivity (Wildman–Crippen MR) is 112 cm³/mol. The summed E-state index contributed by atoms with van der Waals surface area (Å²) in [6.07, 6.45) is 0.597. The van der Waals surface area contributed by atoms with Gasteiger partial charge in [0.15, 0.2) is 0 Å². The summed E-state index contributed by atoms with van der Waals surface area (Å²) in [4.78, 5) is 23.1. The lowest BCUT2D eigenvalue weighted by atomic mass is 10.0. The number of aliphatic hydroxyl groups is 1. The lowest BCUT2D eigenvalue weighted by Crippen LogP contribution is -2.37. The van der Waals surface area contributed by atoms with E-state index in [4.69, 9.17) is 0 Å². The Balaban J connectivity index is 1.75. The average Bonchev–Trinajstić information content (AvgIpc) is 2.74. The number of anilines is 1. The Morgan fingerprint density at radius 2 is 1.79 bits per heavy atom.